The quantitative estimate of drug-likeness (QED) is 0.705. The molecule has 0 spiro atoms. The van der Waals surface area contributed by atoms with Crippen LogP contribution in [0.1, 0.15) is 11.7 Å². The van der Waals surface area contributed by atoms with E-state index in [2.05, 4.69) is 0 Å². The maximum absolute atomic E-state index is 9.00. The third kappa shape index (κ3) is 3.14. The van der Waals surface area contributed by atoms with Crippen molar-refractivity contribution in [1.29, 1.82) is 0 Å². The number of ether oxygens (including phenoxy) is 1. The Morgan fingerprint density at radius 3 is 2.38 bits per heavy atom. The molecule has 0 heterocycles. The lowest BCUT2D eigenvalue weighted by Crippen LogP contribution is -2.11. The van der Waals surface area contributed by atoms with Gasteiger partial charge in [0.15, 0.2) is 0 Å². The molecule has 0 aliphatic carbocycles. The second-order valence-electron chi connectivity index (χ2n) is 2.68. The average molecular weight is 182 g/mol. The van der Waals surface area contributed by atoms with Crippen molar-refractivity contribution in [2.75, 3.05) is 19.8 Å². The number of hydrogen-bond acceptors (Lipinski definition) is 3. The molecule has 1 rings (SSSR count). The average Bonchev–Trinajstić information content (AvgIpc) is 2.21. The minimum atomic E-state index is -0.326. The molecule has 0 bridgehead atoms. The normalized spacial score (nSPS) is 12.8. The molecule has 3 heteroatoms. The Hall–Kier alpha value is -0.900. The fourth-order valence-corrected chi connectivity index (χ4v) is 1.12. The molecule has 0 saturated heterocycles. The third-order valence-electron chi connectivity index (χ3n) is 1.75. The molecule has 0 aliphatic rings. The number of aliphatic hydroxyl groups is 2. The van der Waals surface area contributed by atoms with Gasteiger partial charge >= 0.3 is 0 Å². The molecular formula is C10H14O3. The SMILES string of the molecule is OCCOC(CO)c1ccccc1. The summed E-state index contributed by atoms with van der Waals surface area (Å²) in [4.78, 5) is 0. The van der Waals surface area contributed by atoms with Gasteiger partial charge in [-0.25, -0.2) is 0 Å². The van der Waals surface area contributed by atoms with Gasteiger partial charge in [-0.1, -0.05) is 30.3 Å². The van der Waals surface area contributed by atoms with Crippen LogP contribution in [0.2, 0.25) is 0 Å². The van der Waals surface area contributed by atoms with Gasteiger partial charge in [0.05, 0.1) is 19.8 Å². The summed E-state index contributed by atoms with van der Waals surface area (Å²) in [6.07, 6.45) is -0.326. The van der Waals surface area contributed by atoms with E-state index in [9.17, 15) is 0 Å². The second kappa shape index (κ2) is 5.70. The Balaban J connectivity index is 2.56. The summed E-state index contributed by atoms with van der Waals surface area (Å²) in [7, 11) is 0. The minimum Gasteiger partial charge on any atom is -0.394 e. The molecule has 2 N–H and O–H groups in total. The van der Waals surface area contributed by atoms with Crippen LogP contribution >= 0.6 is 0 Å². The number of aliphatic hydroxyl groups excluding tert-OH is 2. The minimum absolute atomic E-state index is 0.0245. The van der Waals surface area contributed by atoms with E-state index in [-0.39, 0.29) is 25.9 Å². The van der Waals surface area contributed by atoms with Crippen LogP contribution in [0.3, 0.4) is 0 Å². The van der Waals surface area contributed by atoms with Gasteiger partial charge in [0.1, 0.15) is 6.10 Å². The van der Waals surface area contributed by atoms with Gasteiger partial charge in [0.2, 0.25) is 0 Å². The van der Waals surface area contributed by atoms with Crippen molar-refractivity contribution in [2.45, 2.75) is 6.10 Å². The summed E-state index contributed by atoms with van der Waals surface area (Å²) < 4.78 is 5.23. The number of benzene rings is 1. The number of hydrogen-bond donors (Lipinski definition) is 2. The van der Waals surface area contributed by atoms with E-state index < -0.39 is 0 Å². The van der Waals surface area contributed by atoms with Gasteiger partial charge in [0.25, 0.3) is 0 Å². The van der Waals surface area contributed by atoms with Crippen LogP contribution in [-0.4, -0.2) is 30.0 Å². The molecule has 1 aromatic carbocycles. The highest BCUT2D eigenvalue weighted by molar-refractivity contribution is 5.17. The van der Waals surface area contributed by atoms with E-state index in [4.69, 9.17) is 14.9 Å². The van der Waals surface area contributed by atoms with E-state index in [1.807, 2.05) is 30.3 Å². The van der Waals surface area contributed by atoms with E-state index in [1.165, 1.54) is 0 Å². The lowest BCUT2D eigenvalue weighted by molar-refractivity contribution is -0.00473. The largest absolute Gasteiger partial charge is 0.394 e. The first kappa shape index (κ1) is 10.2. The summed E-state index contributed by atoms with van der Waals surface area (Å²) >= 11 is 0. The zero-order valence-electron chi connectivity index (χ0n) is 7.39. The second-order valence-corrected chi connectivity index (χ2v) is 2.68. The highest BCUT2D eigenvalue weighted by atomic mass is 16.5. The third-order valence-corrected chi connectivity index (χ3v) is 1.75. The van der Waals surface area contributed by atoms with Gasteiger partial charge in [-0.2, -0.15) is 0 Å². The molecule has 1 aromatic rings. The first-order valence-corrected chi connectivity index (χ1v) is 4.26. The molecule has 1 atom stereocenters. The molecule has 1 unspecified atom stereocenters. The maximum Gasteiger partial charge on any atom is 0.106 e. The molecule has 0 radical (unpaired) electrons. The molecule has 72 valence electrons. The van der Waals surface area contributed by atoms with Crippen LogP contribution in [0.5, 0.6) is 0 Å². The Labute approximate surface area is 77.6 Å². The van der Waals surface area contributed by atoms with Crippen LogP contribution in [0.15, 0.2) is 30.3 Å². The van der Waals surface area contributed by atoms with Crippen molar-refractivity contribution >= 4 is 0 Å². The van der Waals surface area contributed by atoms with Crippen molar-refractivity contribution in [3.63, 3.8) is 0 Å². The molecule has 13 heavy (non-hydrogen) atoms. The van der Waals surface area contributed by atoms with E-state index in [0.717, 1.165) is 5.56 Å². The van der Waals surface area contributed by atoms with Crippen molar-refractivity contribution in [3.05, 3.63) is 35.9 Å². The molecule has 0 aromatic heterocycles. The van der Waals surface area contributed by atoms with E-state index in [0.29, 0.717) is 0 Å². The van der Waals surface area contributed by atoms with Crippen LogP contribution in [0.4, 0.5) is 0 Å². The topological polar surface area (TPSA) is 49.7 Å². The van der Waals surface area contributed by atoms with E-state index in [1.54, 1.807) is 0 Å². The summed E-state index contributed by atoms with van der Waals surface area (Å²) in [5.74, 6) is 0. The fraction of sp³-hybridized carbons (Fsp3) is 0.400. The molecule has 0 saturated carbocycles. The van der Waals surface area contributed by atoms with Crippen molar-refractivity contribution in [2.24, 2.45) is 0 Å². The highest BCUT2D eigenvalue weighted by Gasteiger charge is 2.08. The predicted octanol–water partition coefficient (Wildman–Crippen LogP) is 0.729. The summed E-state index contributed by atoms with van der Waals surface area (Å²) in [6.45, 7) is 0.160. The molecule has 0 aliphatic heterocycles. The monoisotopic (exact) mass is 182 g/mol. The van der Waals surface area contributed by atoms with Crippen molar-refractivity contribution < 1.29 is 14.9 Å². The smallest absolute Gasteiger partial charge is 0.106 e. The number of rotatable bonds is 5. The first-order valence-electron chi connectivity index (χ1n) is 4.26. The van der Waals surface area contributed by atoms with Crippen molar-refractivity contribution in [3.8, 4) is 0 Å². The van der Waals surface area contributed by atoms with Gasteiger partial charge < -0.3 is 14.9 Å². The molecule has 0 fully saturated rings. The van der Waals surface area contributed by atoms with Crippen LogP contribution in [0.25, 0.3) is 0 Å². The Bertz CT molecular complexity index is 223. The molecule has 0 amide bonds. The van der Waals surface area contributed by atoms with Crippen LogP contribution < -0.4 is 0 Å². The van der Waals surface area contributed by atoms with Gasteiger partial charge in [0, 0.05) is 0 Å². The lowest BCUT2D eigenvalue weighted by Gasteiger charge is -2.14. The molecular weight excluding hydrogens is 168 g/mol. The van der Waals surface area contributed by atoms with Crippen molar-refractivity contribution in [1.82, 2.24) is 0 Å². The maximum atomic E-state index is 9.00. The first-order chi connectivity index (χ1) is 6.38. The zero-order chi connectivity index (χ0) is 9.52. The Morgan fingerprint density at radius 1 is 1.15 bits per heavy atom. The van der Waals surface area contributed by atoms with E-state index >= 15 is 0 Å². The summed E-state index contributed by atoms with van der Waals surface area (Å²) in [5.41, 5.74) is 0.929. The summed E-state index contributed by atoms with van der Waals surface area (Å²) in [6, 6.07) is 9.46. The highest BCUT2D eigenvalue weighted by Crippen LogP contribution is 2.15. The van der Waals surface area contributed by atoms with Crippen LogP contribution in [-0.2, 0) is 4.74 Å². The Morgan fingerprint density at radius 2 is 1.85 bits per heavy atom. The molecule has 3 nitrogen and oxygen atoms in total. The van der Waals surface area contributed by atoms with Gasteiger partial charge in [-0.3, -0.25) is 0 Å². The fourth-order valence-electron chi connectivity index (χ4n) is 1.12. The zero-order valence-corrected chi connectivity index (χ0v) is 7.39. The van der Waals surface area contributed by atoms with Gasteiger partial charge in [-0.15, -0.1) is 0 Å². The van der Waals surface area contributed by atoms with Gasteiger partial charge in [-0.05, 0) is 5.56 Å². The summed E-state index contributed by atoms with van der Waals surface area (Å²) in [5, 5.41) is 17.6. The lowest BCUT2D eigenvalue weighted by atomic mass is 10.1. The van der Waals surface area contributed by atoms with Crippen LogP contribution in [0, 0.1) is 0 Å². The predicted molar refractivity (Wildman–Crippen MR) is 49.3 cm³/mol. The standard InChI is InChI=1S/C10H14O3/c11-6-7-13-10(8-12)9-4-2-1-3-5-9/h1-5,10-12H,6-8H2. The Kier molecular flexibility index (Phi) is 4.46.